The molecular weight excluding hydrogens is 376 g/mol. The van der Waals surface area contributed by atoms with Crippen molar-refractivity contribution in [2.75, 3.05) is 26.7 Å². The van der Waals surface area contributed by atoms with E-state index < -0.39 is 0 Å². The van der Waals surface area contributed by atoms with Crippen LogP contribution in [0.15, 0.2) is 24.5 Å². The summed E-state index contributed by atoms with van der Waals surface area (Å²) in [6.45, 7) is 3.38. The van der Waals surface area contributed by atoms with Crippen molar-refractivity contribution >= 4 is 23.2 Å². The van der Waals surface area contributed by atoms with E-state index in [1.807, 2.05) is 13.2 Å². The summed E-state index contributed by atoms with van der Waals surface area (Å²) in [5.41, 5.74) is 1.18. The number of carbonyl (C=O) groups is 1. The van der Waals surface area contributed by atoms with Gasteiger partial charge in [-0.3, -0.25) is 4.79 Å². The van der Waals surface area contributed by atoms with Gasteiger partial charge in [0.2, 0.25) is 0 Å². The number of halogens is 1. The van der Waals surface area contributed by atoms with Gasteiger partial charge in [0, 0.05) is 45.2 Å². The van der Waals surface area contributed by atoms with E-state index in [0.717, 1.165) is 51.0 Å². The Kier molecular flexibility index (Phi) is 6.19. The number of piperidine rings is 1. The molecule has 3 heterocycles. The molecule has 2 aliphatic rings. The van der Waals surface area contributed by atoms with Crippen LogP contribution in [0.25, 0.3) is 5.65 Å². The summed E-state index contributed by atoms with van der Waals surface area (Å²) in [4.78, 5) is 19.7. The number of amides is 1. The second kappa shape index (κ2) is 8.80. The van der Waals surface area contributed by atoms with Crippen LogP contribution in [0.5, 0.6) is 0 Å². The molecule has 1 amide bonds. The fraction of sp³-hybridized carbons (Fsp3) is 0.619. The molecule has 1 saturated carbocycles. The number of nitrogens with one attached hydrogen (secondary N) is 1. The number of likely N-dealkylation sites (tertiary alicyclic amines) is 1. The molecule has 2 atom stereocenters. The molecule has 1 aliphatic carbocycles. The number of imidazole rings is 1. The highest BCUT2D eigenvalue weighted by Crippen LogP contribution is 2.27. The van der Waals surface area contributed by atoms with Crippen LogP contribution >= 0.6 is 11.6 Å². The summed E-state index contributed by atoms with van der Waals surface area (Å²) in [5, 5.41) is 3.83. The number of aromatic nitrogens is 2. The summed E-state index contributed by atoms with van der Waals surface area (Å²) in [6, 6.07) is 3.84. The average Bonchev–Trinajstić information content (AvgIpc) is 3.12. The zero-order chi connectivity index (χ0) is 19.5. The van der Waals surface area contributed by atoms with Gasteiger partial charge in [-0.2, -0.15) is 0 Å². The Morgan fingerprint density at radius 1 is 1.25 bits per heavy atom. The van der Waals surface area contributed by atoms with Crippen LogP contribution in [0.2, 0.25) is 5.02 Å². The maximum atomic E-state index is 12.7. The second-order valence-corrected chi connectivity index (χ2v) is 8.61. The van der Waals surface area contributed by atoms with Gasteiger partial charge in [0.15, 0.2) is 0 Å². The van der Waals surface area contributed by atoms with Gasteiger partial charge < -0.3 is 19.4 Å². The lowest BCUT2D eigenvalue weighted by Crippen LogP contribution is -2.43. The van der Waals surface area contributed by atoms with Crippen LogP contribution in [0.1, 0.15) is 49.0 Å². The van der Waals surface area contributed by atoms with Gasteiger partial charge in [0.25, 0.3) is 5.91 Å². The number of hydrogen-bond donors (Lipinski definition) is 1. The van der Waals surface area contributed by atoms with Crippen LogP contribution in [-0.4, -0.2) is 59.1 Å². The molecule has 0 radical (unpaired) electrons. The highest BCUT2D eigenvalue weighted by atomic mass is 35.5. The number of pyridine rings is 1. The fourth-order valence-electron chi connectivity index (χ4n) is 4.61. The molecule has 2 fully saturated rings. The molecule has 0 spiro atoms. The third kappa shape index (κ3) is 4.67. The van der Waals surface area contributed by atoms with E-state index in [-0.39, 0.29) is 11.9 Å². The first kappa shape index (κ1) is 19.7. The summed E-state index contributed by atoms with van der Waals surface area (Å²) in [7, 11) is 1.81. The fourth-order valence-corrected chi connectivity index (χ4v) is 4.78. The van der Waals surface area contributed by atoms with Crippen molar-refractivity contribution in [1.29, 1.82) is 0 Å². The largest absolute Gasteiger partial charge is 0.381 e. The number of rotatable bonds is 5. The van der Waals surface area contributed by atoms with Gasteiger partial charge in [0.1, 0.15) is 11.3 Å². The molecule has 152 valence electrons. The first-order valence-electron chi connectivity index (χ1n) is 10.3. The Balaban J connectivity index is 1.31. The third-order valence-electron chi connectivity index (χ3n) is 6.15. The molecular formula is C21H29ClN4O2. The molecule has 1 aliphatic heterocycles. The zero-order valence-corrected chi connectivity index (χ0v) is 17.2. The summed E-state index contributed by atoms with van der Waals surface area (Å²) in [5.74, 6) is 0.560. The van der Waals surface area contributed by atoms with E-state index in [9.17, 15) is 4.79 Å². The normalized spacial score (nSPS) is 24.5. The van der Waals surface area contributed by atoms with Gasteiger partial charge in [-0.05, 0) is 50.2 Å². The number of hydrogen-bond acceptors (Lipinski definition) is 4. The lowest BCUT2D eigenvalue weighted by Gasteiger charge is -2.36. The van der Waals surface area contributed by atoms with Crippen LogP contribution in [-0.2, 0) is 4.74 Å². The maximum absolute atomic E-state index is 12.7. The molecule has 7 heteroatoms. The van der Waals surface area contributed by atoms with E-state index in [1.54, 1.807) is 22.9 Å². The second-order valence-electron chi connectivity index (χ2n) is 8.18. The lowest BCUT2D eigenvalue weighted by molar-refractivity contribution is 0.0337. The van der Waals surface area contributed by atoms with Crippen molar-refractivity contribution in [1.82, 2.24) is 19.6 Å². The van der Waals surface area contributed by atoms with E-state index in [1.165, 1.54) is 12.8 Å². The minimum absolute atomic E-state index is 0.0913. The van der Waals surface area contributed by atoms with Gasteiger partial charge in [-0.1, -0.05) is 18.0 Å². The van der Waals surface area contributed by atoms with Crippen molar-refractivity contribution in [2.45, 2.75) is 50.7 Å². The lowest BCUT2D eigenvalue weighted by atomic mass is 9.85. The first-order chi connectivity index (χ1) is 13.6. The topological polar surface area (TPSA) is 58.9 Å². The summed E-state index contributed by atoms with van der Waals surface area (Å²) < 4.78 is 7.27. The third-order valence-corrected chi connectivity index (χ3v) is 6.37. The molecule has 6 nitrogen and oxygen atoms in total. The van der Waals surface area contributed by atoms with E-state index >= 15 is 0 Å². The number of methoxy groups -OCH3 is 1. The average molecular weight is 405 g/mol. The molecule has 4 rings (SSSR count). The zero-order valence-electron chi connectivity index (χ0n) is 16.4. The van der Waals surface area contributed by atoms with Crippen LogP contribution in [0, 0.1) is 5.92 Å². The highest BCUT2D eigenvalue weighted by Gasteiger charge is 2.27. The Hall–Kier alpha value is -1.63. The van der Waals surface area contributed by atoms with E-state index in [4.69, 9.17) is 16.3 Å². The smallest absolute Gasteiger partial charge is 0.271 e. The van der Waals surface area contributed by atoms with Gasteiger partial charge >= 0.3 is 0 Å². The standard InChI is InChI=1S/C21H29ClN4O2/c1-28-18-7-9-25(10-8-18)12-15-3-2-4-17(11-15)23-21(27)19-14-26-13-16(22)5-6-20(26)24-19/h5-6,13-15,17-18H,2-4,7-12H2,1H3,(H,23,27)/t15-,17+/m1/s1. The molecule has 0 bridgehead atoms. The molecule has 2 aromatic rings. The minimum atomic E-state index is -0.0913. The minimum Gasteiger partial charge on any atom is -0.381 e. The Labute approximate surface area is 171 Å². The highest BCUT2D eigenvalue weighted by molar-refractivity contribution is 6.30. The van der Waals surface area contributed by atoms with Crippen molar-refractivity contribution in [2.24, 2.45) is 5.92 Å². The van der Waals surface area contributed by atoms with Gasteiger partial charge in [0.05, 0.1) is 11.1 Å². The Morgan fingerprint density at radius 2 is 2.07 bits per heavy atom. The molecule has 2 aromatic heterocycles. The number of carbonyl (C=O) groups excluding carboxylic acids is 1. The predicted molar refractivity (Wildman–Crippen MR) is 110 cm³/mol. The van der Waals surface area contributed by atoms with Crippen LogP contribution < -0.4 is 5.32 Å². The molecule has 1 N–H and O–H groups in total. The van der Waals surface area contributed by atoms with Crippen molar-refractivity contribution in [3.63, 3.8) is 0 Å². The van der Waals surface area contributed by atoms with Crippen molar-refractivity contribution < 1.29 is 9.53 Å². The Bertz CT molecular complexity index is 816. The van der Waals surface area contributed by atoms with Crippen molar-refractivity contribution in [3.05, 3.63) is 35.2 Å². The van der Waals surface area contributed by atoms with Crippen LogP contribution in [0.3, 0.4) is 0 Å². The molecule has 0 unspecified atom stereocenters. The van der Waals surface area contributed by atoms with Crippen molar-refractivity contribution in [3.8, 4) is 0 Å². The van der Waals surface area contributed by atoms with E-state index in [0.29, 0.717) is 22.7 Å². The van der Waals surface area contributed by atoms with Gasteiger partial charge in [-0.25, -0.2) is 4.98 Å². The van der Waals surface area contributed by atoms with Gasteiger partial charge in [-0.15, -0.1) is 0 Å². The number of ether oxygens (including phenoxy) is 1. The van der Waals surface area contributed by atoms with E-state index in [2.05, 4.69) is 15.2 Å². The maximum Gasteiger partial charge on any atom is 0.271 e. The Morgan fingerprint density at radius 3 is 2.86 bits per heavy atom. The molecule has 0 aromatic carbocycles. The molecule has 28 heavy (non-hydrogen) atoms. The molecule has 1 saturated heterocycles. The number of nitrogens with zero attached hydrogens (tertiary/aromatic N) is 3. The summed E-state index contributed by atoms with van der Waals surface area (Å²) >= 11 is 6.02. The number of fused-ring (bicyclic) bond motifs is 1. The first-order valence-corrected chi connectivity index (χ1v) is 10.7. The van der Waals surface area contributed by atoms with Crippen LogP contribution in [0.4, 0.5) is 0 Å². The SMILES string of the molecule is COC1CCN(C[C@@H]2CCC[C@H](NC(=O)c3cn4cc(Cl)ccc4n3)C2)CC1. The summed E-state index contributed by atoms with van der Waals surface area (Å²) in [6.07, 6.45) is 10.7. The predicted octanol–water partition coefficient (Wildman–Crippen LogP) is 3.39. The quantitative estimate of drug-likeness (QED) is 0.829. The monoisotopic (exact) mass is 404 g/mol.